The van der Waals surface area contributed by atoms with Crippen molar-refractivity contribution in [3.05, 3.63) is 30.2 Å². The summed E-state index contributed by atoms with van der Waals surface area (Å²) >= 11 is 0. The van der Waals surface area contributed by atoms with Gasteiger partial charge in [-0.3, -0.25) is 0 Å². The minimum atomic E-state index is 0.519. The van der Waals surface area contributed by atoms with E-state index in [-0.39, 0.29) is 0 Å². The van der Waals surface area contributed by atoms with E-state index in [9.17, 15) is 0 Å². The molecule has 7 nitrogen and oxygen atoms in total. The van der Waals surface area contributed by atoms with Gasteiger partial charge in [0.1, 0.15) is 5.82 Å². The van der Waals surface area contributed by atoms with E-state index in [1.165, 1.54) is 32.1 Å². The summed E-state index contributed by atoms with van der Waals surface area (Å²) in [5.74, 6) is 2.61. The molecule has 0 bridgehead atoms. The van der Waals surface area contributed by atoms with Crippen LogP contribution in [0.5, 0.6) is 0 Å². The molecular weight excluding hydrogens is 326 g/mol. The Hall–Kier alpha value is -2.44. The number of hydrogen-bond acceptors (Lipinski definition) is 7. The number of nitrogens with one attached hydrogen (secondary N) is 1. The summed E-state index contributed by atoms with van der Waals surface area (Å²) < 4.78 is 0. The van der Waals surface area contributed by atoms with Crippen molar-refractivity contribution < 1.29 is 0 Å². The summed E-state index contributed by atoms with van der Waals surface area (Å²) in [6.45, 7) is 5.68. The molecule has 7 heteroatoms. The predicted molar refractivity (Wildman–Crippen MR) is 104 cm³/mol. The molecule has 0 unspecified atom stereocenters. The molecule has 2 aromatic rings. The van der Waals surface area contributed by atoms with Gasteiger partial charge in [-0.25, -0.2) is 15.0 Å². The summed E-state index contributed by atoms with van der Waals surface area (Å²) in [6, 6.07) is 4.45. The Morgan fingerprint density at radius 1 is 0.923 bits per heavy atom. The second-order valence-corrected chi connectivity index (χ2v) is 7.19. The van der Waals surface area contributed by atoms with Crippen LogP contribution in [-0.4, -0.2) is 52.2 Å². The Balaban J connectivity index is 1.41. The molecule has 2 aliphatic rings. The van der Waals surface area contributed by atoms with Gasteiger partial charge in [0, 0.05) is 56.4 Å². The second kappa shape index (κ2) is 7.85. The highest BCUT2D eigenvalue weighted by atomic mass is 15.3. The largest absolute Gasteiger partial charge is 0.353 e. The van der Waals surface area contributed by atoms with Gasteiger partial charge in [0.05, 0.1) is 0 Å². The first-order valence-electron chi connectivity index (χ1n) is 9.67. The standard InChI is InChI=1S/C19H27N7/c1-15-14-17(24-18(22-15)23-16-6-3-2-4-7-16)25-10-12-26(13-11-25)19-20-8-5-9-21-19/h5,8-9,14,16H,2-4,6-7,10-13H2,1H3,(H,22,23,24). The number of aromatic nitrogens is 4. The minimum Gasteiger partial charge on any atom is -0.353 e. The number of nitrogens with zero attached hydrogens (tertiary/aromatic N) is 6. The monoisotopic (exact) mass is 353 g/mol. The molecule has 138 valence electrons. The molecule has 3 heterocycles. The van der Waals surface area contributed by atoms with Crippen molar-refractivity contribution in [2.24, 2.45) is 0 Å². The van der Waals surface area contributed by atoms with Crippen LogP contribution >= 0.6 is 0 Å². The Kier molecular flexibility index (Phi) is 5.13. The van der Waals surface area contributed by atoms with E-state index in [1.54, 1.807) is 12.4 Å². The lowest BCUT2D eigenvalue weighted by Crippen LogP contribution is -2.47. The van der Waals surface area contributed by atoms with E-state index in [0.717, 1.165) is 49.6 Å². The van der Waals surface area contributed by atoms with Gasteiger partial charge in [0.25, 0.3) is 0 Å². The van der Waals surface area contributed by atoms with Crippen molar-refractivity contribution in [3.8, 4) is 0 Å². The van der Waals surface area contributed by atoms with Crippen LogP contribution in [0, 0.1) is 6.92 Å². The highest BCUT2D eigenvalue weighted by Gasteiger charge is 2.21. The fourth-order valence-corrected chi connectivity index (χ4v) is 3.80. The molecule has 1 N–H and O–H groups in total. The minimum absolute atomic E-state index is 0.519. The molecule has 1 aliphatic carbocycles. The lowest BCUT2D eigenvalue weighted by atomic mass is 9.96. The maximum Gasteiger partial charge on any atom is 0.225 e. The van der Waals surface area contributed by atoms with E-state index in [2.05, 4.69) is 36.1 Å². The first kappa shape index (κ1) is 17.0. The number of aryl methyl sites for hydroxylation is 1. The molecule has 2 aromatic heterocycles. The van der Waals surface area contributed by atoms with Crippen molar-refractivity contribution in [2.45, 2.75) is 45.1 Å². The highest BCUT2D eigenvalue weighted by Crippen LogP contribution is 2.22. The van der Waals surface area contributed by atoms with Gasteiger partial charge in [-0.1, -0.05) is 19.3 Å². The van der Waals surface area contributed by atoms with E-state index in [1.807, 2.05) is 13.0 Å². The SMILES string of the molecule is Cc1cc(N2CCN(c3ncccn3)CC2)nc(NC2CCCCC2)n1. The van der Waals surface area contributed by atoms with Crippen molar-refractivity contribution in [3.63, 3.8) is 0 Å². The third kappa shape index (κ3) is 4.03. The smallest absolute Gasteiger partial charge is 0.225 e. The van der Waals surface area contributed by atoms with Crippen LogP contribution in [0.15, 0.2) is 24.5 Å². The summed E-state index contributed by atoms with van der Waals surface area (Å²) in [5, 5.41) is 3.56. The van der Waals surface area contributed by atoms with Crippen LogP contribution in [-0.2, 0) is 0 Å². The molecule has 0 aromatic carbocycles. The quantitative estimate of drug-likeness (QED) is 0.906. The van der Waals surface area contributed by atoms with Gasteiger partial charge in [0.2, 0.25) is 11.9 Å². The van der Waals surface area contributed by atoms with Crippen LogP contribution in [0.4, 0.5) is 17.7 Å². The zero-order valence-electron chi connectivity index (χ0n) is 15.4. The zero-order valence-corrected chi connectivity index (χ0v) is 15.4. The van der Waals surface area contributed by atoms with Crippen LogP contribution in [0.3, 0.4) is 0 Å². The van der Waals surface area contributed by atoms with E-state index < -0.39 is 0 Å². The number of rotatable bonds is 4. The fourth-order valence-electron chi connectivity index (χ4n) is 3.80. The molecule has 4 rings (SSSR count). The van der Waals surface area contributed by atoms with Gasteiger partial charge < -0.3 is 15.1 Å². The molecule has 1 saturated heterocycles. The number of anilines is 3. The topological polar surface area (TPSA) is 70.1 Å². The van der Waals surface area contributed by atoms with E-state index in [4.69, 9.17) is 4.98 Å². The van der Waals surface area contributed by atoms with Gasteiger partial charge >= 0.3 is 0 Å². The molecule has 1 saturated carbocycles. The number of hydrogen-bond donors (Lipinski definition) is 1. The first-order valence-corrected chi connectivity index (χ1v) is 9.67. The average molecular weight is 353 g/mol. The van der Waals surface area contributed by atoms with Crippen molar-refractivity contribution >= 4 is 17.7 Å². The Morgan fingerprint density at radius 2 is 1.62 bits per heavy atom. The maximum atomic E-state index is 4.80. The van der Waals surface area contributed by atoms with Crippen molar-refractivity contribution in [1.82, 2.24) is 19.9 Å². The zero-order chi connectivity index (χ0) is 17.8. The van der Waals surface area contributed by atoms with Gasteiger partial charge in [-0.2, -0.15) is 4.98 Å². The molecule has 2 fully saturated rings. The van der Waals surface area contributed by atoms with Crippen LogP contribution < -0.4 is 15.1 Å². The normalized spacial score (nSPS) is 18.8. The predicted octanol–water partition coefficient (Wildman–Crippen LogP) is 2.65. The van der Waals surface area contributed by atoms with E-state index >= 15 is 0 Å². The summed E-state index contributed by atoms with van der Waals surface area (Å²) in [7, 11) is 0. The number of piperazine rings is 1. The molecule has 0 radical (unpaired) electrons. The second-order valence-electron chi connectivity index (χ2n) is 7.19. The molecule has 1 aliphatic heterocycles. The lowest BCUT2D eigenvalue weighted by molar-refractivity contribution is 0.460. The fraction of sp³-hybridized carbons (Fsp3) is 0.579. The van der Waals surface area contributed by atoms with Crippen LogP contribution in [0.1, 0.15) is 37.8 Å². The van der Waals surface area contributed by atoms with Crippen LogP contribution in [0.2, 0.25) is 0 Å². The molecule has 26 heavy (non-hydrogen) atoms. The molecular formula is C19H27N7. The van der Waals surface area contributed by atoms with Crippen molar-refractivity contribution in [1.29, 1.82) is 0 Å². The van der Waals surface area contributed by atoms with Gasteiger partial charge in [-0.05, 0) is 25.8 Å². The molecule has 0 amide bonds. The average Bonchev–Trinajstić information content (AvgIpc) is 2.69. The van der Waals surface area contributed by atoms with Crippen LogP contribution in [0.25, 0.3) is 0 Å². The molecule has 0 spiro atoms. The summed E-state index contributed by atoms with van der Waals surface area (Å²) in [6.07, 6.45) is 10.0. The highest BCUT2D eigenvalue weighted by molar-refractivity contribution is 5.47. The Bertz CT molecular complexity index is 707. The lowest BCUT2D eigenvalue weighted by Gasteiger charge is -2.35. The van der Waals surface area contributed by atoms with Gasteiger partial charge in [-0.15, -0.1) is 0 Å². The Labute approximate surface area is 154 Å². The van der Waals surface area contributed by atoms with Crippen molar-refractivity contribution in [2.75, 3.05) is 41.3 Å². The third-order valence-corrected chi connectivity index (χ3v) is 5.22. The summed E-state index contributed by atoms with van der Waals surface area (Å²) in [4.78, 5) is 22.7. The van der Waals surface area contributed by atoms with E-state index in [0.29, 0.717) is 6.04 Å². The summed E-state index contributed by atoms with van der Waals surface area (Å²) in [5.41, 5.74) is 1.02. The maximum absolute atomic E-state index is 4.80. The Morgan fingerprint density at radius 3 is 2.35 bits per heavy atom. The first-order chi connectivity index (χ1) is 12.8. The van der Waals surface area contributed by atoms with Gasteiger partial charge in [0.15, 0.2) is 0 Å². The molecule has 0 atom stereocenters. The third-order valence-electron chi connectivity index (χ3n) is 5.22.